The molecule has 0 radical (unpaired) electrons. The number of thioether (sulfide) groups is 2. The van der Waals surface area contributed by atoms with Crippen molar-refractivity contribution in [2.24, 2.45) is 0 Å². The number of methoxy groups -OCH3 is 1. The Kier molecular flexibility index (Phi) is 5.24. The number of hydrogen-bond acceptors (Lipinski definition) is 4. The fraction of sp³-hybridized carbons (Fsp3) is 0.278. The average molecular weight is 365 g/mol. The first-order valence-electron chi connectivity index (χ1n) is 7.34. The number of ketones is 1. The zero-order chi connectivity index (χ0) is 16.3. The van der Waals surface area contributed by atoms with Gasteiger partial charge in [-0.15, -0.1) is 23.5 Å². The molecule has 3 rings (SSSR count). The Balaban J connectivity index is 1.84. The van der Waals surface area contributed by atoms with Crippen molar-refractivity contribution < 1.29 is 9.53 Å². The van der Waals surface area contributed by atoms with E-state index in [1.54, 1.807) is 7.11 Å². The van der Waals surface area contributed by atoms with Crippen molar-refractivity contribution in [3.05, 3.63) is 64.7 Å². The summed E-state index contributed by atoms with van der Waals surface area (Å²) < 4.78 is 4.94. The second-order valence-electron chi connectivity index (χ2n) is 5.29. The average Bonchev–Trinajstić information content (AvgIpc) is 3.05. The minimum absolute atomic E-state index is 0.157. The molecule has 5 heteroatoms. The molecule has 0 unspecified atom stereocenters. The number of hydrogen-bond donors (Lipinski definition) is 0. The molecule has 0 bridgehead atoms. The lowest BCUT2D eigenvalue weighted by Crippen LogP contribution is -2.20. The van der Waals surface area contributed by atoms with Gasteiger partial charge in [0.2, 0.25) is 0 Å². The molecule has 1 heterocycles. The number of Topliss-reactive ketones (excluding diaryl/α,β-unsaturated/α-hetero) is 1. The molecule has 1 fully saturated rings. The third-order valence-electron chi connectivity index (χ3n) is 3.84. The van der Waals surface area contributed by atoms with E-state index in [0.29, 0.717) is 6.42 Å². The smallest absolute Gasteiger partial charge is 0.165 e. The van der Waals surface area contributed by atoms with Gasteiger partial charge in [0.15, 0.2) is 5.78 Å². The van der Waals surface area contributed by atoms with E-state index in [1.807, 2.05) is 72.1 Å². The molecular weight excluding hydrogens is 348 g/mol. The second-order valence-corrected chi connectivity index (χ2v) is 8.77. The molecule has 1 aliphatic rings. The number of rotatable bonds is 5. The maximum Gasteiger partial charge on any atom is 0.165 e. The van der Waals surface area contributed by atoms with E-state index in [1.165, 1.54) is 0 Å². The van der Waals surface area contributed by atoms with E-state index in [0.717, 1.165) is 33.4 Å². The molecule has 0 atom stereocenters. The monoisotopic (exact) mass is 364 g/mol. The predicted molar refractivity (Wildman–Crippen MR) is 100.0 cm³/mol. The molecule has 120 valence electrons. The van der Waals surface area contributed by atoms with E-state index in [2.05, 4.69) is 0 Å². The molecule has 2 nitrogen and oxygen atoms in total. The Morgan fingerprint density at radius 3 is 2.26 bits per heavy atom. The van der Waals surface area contributed by atoms with Gasteiger partial charge in [0.1, 0.15) is 5.75 Å². The van der Waals surface area contributed by atoms with Crippen molar-refractivity contribution in [3.63, 3.8) is 0 Å². The highest BCUT2D eigenvalue weighted by Gasteiger charge is 2.39. The maximum absolute atomic E-state index is 12.8. The fourth-order valence-corrected chi connectivity index (χ4v) is 5.98. The first-order chi connectivity index (χ1) is 11.1. The summed E-state index contributed by atoms with van der Waals surface area (Å²) in [4.78, 5) is 12.8. The van der Waals surface area contributed by atoms with E-state index >= 15 is 0 Å². The Bertz CT molecular complexity index is 677. The third-order valence-corrected chi connectivity index (χ3v) is 7.57. The first kappa shape index (κ1) is 16.7. The lowest BCUT2D eigenvalue weighted by molar-refractivity contribution is 0.0979. The van der Waals surface area contributed by atoms with Crippen LogP contribution in [0.1, 0.15) is 22.3 Å². The molecule has 2 aromatic carbocycles. The van der Waals surface area contributed by atoms with Crippen molar-refractivity contribution >= 4 is 40.9 Å². The molecule has 0 N–H and O–H groups in total. The quantitative estimate of drug-likeness (QED) is 0.676. The number of ether oxygens (including phenoxy) is 1. The van der Waals surface area contributed by atoms with Crippen LogP contribution in [0.5, 0.6) is 5.75 Å². The summed E-state index contributed by atoms with van der Waals surface area (Å²) in [6.45, 7) is 0. The standard InChI is InChI=1S/C18H17ClO2S2/c1-21-16-8-2-13(3-9-16)17(20)12-18(22-10-11-23-18)14-4-6-15(19)7-5-14/h2-9H,10-12H2,1H3. The lowest BCUT2D eigenvalue weighted by atomic mass is 10.0. The van der Waals surface area contributed by atoms with Gasteiger partial charge in [-0.1, -0.05) is 23.7 Å². The van der Waals surface area contributed by atoms with Crippen LogP contribution in [0.25, 0.3) is 0 Å². The minimum Gasteiger partial charge on any atom is -0.497 e. The summed E-state index contributed by atoms with van der Waals surface area (Å²) >= 11 is 9.71. The van der Waals surface area contributed by atoms with Gasteiger partial charge in [0.25, 0.3) is 0 Å². The van der Waals surface area contributed by atoms with Crippen molar-refractivity contribution in [2.75, 3.05) is 18.6 Å². The summed E-state index contributed by atoms with van der Waals surface area (Å²) in [6.07, 6.45) is 0.482. The SMILES string of the molecule is COc1ccc(C(=O)CC2(c3ccc(Cl)cc3)SCCS2)cc1. The van der Waals surface area contributed by atoms with Crippen LogP contribution in [-0.2, 0) is 4.08 Å². The van der Waals surface area contributed by atoms with Gasteiger partial charge in [-0.25, -0.2) is 0 Å². The van der Waals surface area contributed by atoms with Crippen LogP contribution in [0, 0.1) is 0 Å². The highest BCUT2D eigenvalue weighted by molar-refractivity contribution is 8.20. The van der Waals surface area contributed by atoms with Gasteiger partial charge in [0.05, 0.1) is 11.2 Å². The molecule has 23 heavy (non-hydrogen) atoms. The summed E-state index contributed by atoms with van der Waals surface area (Å²) in [7, 11) is 1.62. The molecule has 0 aliphatic carbocycles. The number of halogens is 1. The normalized spacial score (nSPS) is 16.3. The summed E-state index contributed by atoms with van der Waals surface area (Å²) in [6, 6.07) is 15.2. The van der Waals surface area contributed by atoms with Gasteiger partial charge < -0.3 is 4.74 Å². The largest absolute Gasteiger partial charge is 0.497 e. The number of carbonyl (C=O) groups is 1. The summed E-state index contributed by atoms with van der Waals surface area (Å²) in [5.41, 5.74) is 1.89. The topological polar surface area (TPSA) is 26.3 Å². The highest BCUT2D eigenvalue weighted by Crippen LogP contribution is 2.54. The Hall–Kier alpha value is -1.10. The predicted octanol–water partition coefficient (Wildman–Crippen LogP) is 5.25. The van der Waals surface area contributed by atoms with Crippen LogP contribution in [0.4, 0.5) is 0 Å². The van der Waals surface area contributed by atoms with Crippen molar-refractivity contribution in [2.45, 2.75) is 10.5 Å². The van der Waals surface area contributed by atoms with Crippen LogP contribution in [0.15, 0.2) is 48.5 Å². The Labute approximate surface area is 149 Å². The van der Waals surface area contributed by atoms with Crippen LogP contribution >= 0.6 is 35.1 Å². The van der Waals surface area contributed by atoms with Gasteiger partial charge in [-0.3, -0.25) is 4.79 Å². The molecule has 0 aromatic heterocycles. The van der Waals surface area contributed by atoms with Crippen LogP contribution in [-0.4, -0.2) is 24.4 Å². The minimum atomic E-state index is -0.207. The van der Waals surface area contributed by atoms with E-state index in [4.69, 9.17) is 16.3 Å². The first-order valence-corrected chi connectivity index (χ1v) is 9.69. The summed E-state index contributed by atoms with van der Waals surface area (Å²) in [5.74, 6) is 3.04. The highest BCUT2D eigenvalue weighted by atomic mass is 35.5. The van der Waals surface area contributed by atoms with Gasteiger partial charge in [-0.05, 0) is 42.0 Å². The maximum atomic E-state index is 12.8. The molecule has 2 aromatic rings. The molecule has 0 amide bonds. The van der Waals surface area contributed by atoms with Crippen molar-refractivity contribution in [1.29, 1.82) is 0 Å². The number of carbonyl (C=O) groups excluding carboxylic acids is 1. The van der Waals surface area contributed by atoms with E-state index in [-0.39, 0.29) is 9.86 Å². The Morgan fingerprint density at radius 1 is 1.09 bits per heavy atom. The second kappa shape index (κ2) is 7.20. The van der Waals surface area contributed by atoms with Gasteiger partial charge in [0, 0.05) is 28.5 Å². The summed E-state index contributed by atoms with van der Waals surface area (Å²) in [5, 5.41) is 0.721. The van der Waals surface area contributed by atoms with E-state index in [9.17, 15) is 4.79 Å². The zero-order valence-corrected chi connectivity index (χ0v) is 15.1. The lowest BCUT2D eigenvalue weighted by Gasteiger charge is -2.27. The van der Waals surface area contributed by atoms with Crippen molar-refractivity contribution in [1.82, 2.24) is 0 Å². The van der Waals surface area contributed by atoms with Gasteiger partial charge >= 0.3 is 0 Å². The number of benzene rings is 2. The van der Waals surface area contributed by atoms with Crippen LogP contribution < -0.4 is 4.74 Å². The molecule has 1 saturated heterocycles. The van der Waals surface area contributed by atoms with Crippen molar-refractivity contribution in [3.8, 4) is 5.75 Å². The molecular formula is C18H17ClO2S2. The molecule has 1 aliphatic heterocycles. The van der Waals surface area contributed by atoms with Crippen LogP contribution in [0.3, 0.4) is 0 Å². The van der Waals surface area contributed by atoms with E-state index < -0.39 is 0 Å². The van der Waals surface area contributed by atoms with Crippen LogP contribution in [0.2, 0.25) is 5.02 Å². The molecule has 0 spiro atoms. The fourth-order valence-electron chi connectivity index (χ4n) is 2.62. The molecule has 0 saturated carbocycles. The zero-order valence-electron chi connectivity index (χ0n) is 12.8. The Morgan fingerprint density at radius 2 is 1.70 bits per heavy atom. The van der Waals surface area contributed by atoms with Gasteiger partial charge in [-0.2, -0.15) is 0 Å². The third kappa shape index (κ3) is 3.70.